The van der Waals surface area contributed by atoms with Gasteiger partial charge in [0, 0.05) is 49.8 Å². The van der Waals surface area contributed by atoms with Crippen molar-refractivity contribution in [2.24, 2.45) is 5.41 Å². The maximum atomic E-state index is 6.43. The minimum absolute atomic E-state index is 0. The third-order valence-corrected chi connectivity index (χ3v) is 13.2. The van der Waals surface area contributed by atoms with Crippen LogP contribution < -0.4 is 5.19 Å². The molecule has 0 N–H and O–H groups in total. The van der Waals surface area contributed by atoms with Crippen LogP contribution in [0.5, 0.6) is 0 Å². The zero-order valence-electron chi connectivity index (χ0n) is 37.5. The van der Waals surface area contributed by atoms with E-state index in [-0.39, 0.29) is 37.4 Å². The van der Waals surface area contributed by atoms with Crippen molar-refractivity contribution in [3.05, 3.63) is 157 Å². The third kappa shape index (κ3) is 9.15. The van der Waals surface area contributed by atoms with Crippen LogP contribution in [0.3, 0.4) is 0 Å². The van der Waals surface area contributed by atoms with Gasteiger partial charge >= 0.3 is 0 Å². The monoisotopic (exact) mass is 1010 g/mol. The van der Waals surface area contributed by atoms with Crippen molar-refractivity contribution in [2.75, 3.05) is 0 Å². The summed E-state index contributed by atoms with van der Waals surface area (Å²) < 4.78 is 8.61. The molecule has 6 nitrogen and oxygen atoms in total. The summed E-state index contributed by atoms with van der Waals surface area (Å²) in [7, 11) is -1.37. The Balaban J connectivity index is 0.000000223. The Hall–Kier alpha value is -5.53. The maximum absolute atomic E-state index is 6.43. The average molecular weight is 1010 g/mol. The van der Waals surface area contributed by atoms with E-state index in [0.29, 0.717) is 5.65 Å². The van der Waals surface area contributed by atoms with E-state index in [4.69, 9.17) is 19.4 Å². The van der Waals surface area contributed by atoms with Crippen molar-refractivity contribution in [1.29, 1.82) is 0 Å². The SMILES string of the molecule is CC(C)(C)Cc1cc(-c2[c-]cccc2)ncc1[Si](C)(C)C.CC(C)c1cc(-c2ccccc2)cc(C(C)C)c1-n1c(-c2[c-]ccc3c2oc2ccccc23)nc2nccnc21.[Ir]. The minimum atomic E-state index is -1.37. The number of aromatic nitrogens is 5. The Morgan fingerprint density at radius 3 is 2.05 bits per heavy atom. The van der Waals surface area contributed by atoms with Gasteiger partial charge < -0.3 is 14.0 Å². The zero-order valence-corrected chi connectivity index (χ0v) is 40.9. The van der Waals surface area contributed by atoms with Crippen LogP contribution in [0.2, 0.25) is 19.6 Å². The van der Waals surface area contributed by atoms with Gasteiger partial charge in [-0.2, -0.15) is 0 Å². The van der Waals surface area contributed by atoms with Crippen LogP contribution in [0, 0.1) is 17.5 Å². The molecule has 4 aromatic heterocycles. The van der Waals surface area contributed by atoms with Gasteiger partial charge in [-0.1, -0.05) is 139 Å². The summed E-state index contributed by atoms with van der Waals surface area (Å²) in [4.78, 5) is 19.2. The number of imidazole rings is 1. The second kappa shape index (κ2) is 18.1. The van der Waals surface area contributed by atoms with Gasteiger partial charge in [0.2, 0.25) is 0 Å². The summed E-state index contributed by atoms with van der Waals surface area (Å²) in [5.41, 5.74) is 13.5. The summed E-state index contributed by atoms with van der Waals surface area (Å²) in [5.74, 6) is 1.23. The van der Waals surface area contributed by atoms with E-state index in [9.17, 15) is 0 Å². The van der Waals surface area contributed by atoms with Crippen LogP contribution in [0.25, 0.3) is 72.7 Å². The first kappa shape index (κ1) is 44.5. The smallest absolute Gasteiger partial charge is 0.188 e. The summed E-state index contributed by atoms with van der Waals surface area (Å²) in [6, 6.07) is 44.5. The molecule has 0 bridgehead atoms. The molecule has 0 fully saturated rings. The first-order valence-corrected chi connectivity index (χ1v) is 24.9. The summed E-state index contributed by atoms with van der Waals surface area (Å²) in [6.45, 7) is 23.1. The topological polar surface area (TPSA) is 69.6 Å². The number of fused-ring (bicyclic) bond motifs is 4. The fourth-order valence-corrected chi connectivity index (χ4v) is 9.83. The van der Waals surface area contributed by atoms with Gasteiger partial charge in [-0.15, -0.1) is 54.1 Å². The normalized spacial score (nSPS) is 11.9. The van der Waals surface area contributed by atoms with E-state index in [0.717, 1.165) is 62.3 Å². The molecule has 4 heterocycles. The van der Waals surface area contributed by atoms with E-state index in [1.165, 1.54) is 33.0 Å². The largest absolute Gasteiger partial charge is 0.501 e. The molecule has 0 aliphatic rings. The van der Waals surface area contributed by atoms with E-state index in [2.05, 4.69) is 163 Å². The number of nitrogens with zero attached hydrogens (tertiary/aromatic N) is 5. The molecule has 0 saturated heterocycles. The van der Waals surface area contributed by atoms with Gasteiger partial charge in [0.15, 0.2) is 11.3 Å². The Bertz CT molecular complexity index is 2950. The molecule has 9 rings (SSSR count). The van der Waals surface area contributed by atoms with E-state index in [1.54, 1.807) is 12.4 Å². The van der Waals surface area contributed by atoms with Crippen LogP contribution in [0.4, 0.5) is 0 Å². The number of hydrogen-bond acceptors (Lipinski definition) is 5. The van der Waals surface area contributed by atoms with Crippen LogP contribution >= 0.6 is 0 Å². The summed E-state index contributed by atoms with van der Waals surface area (Å²) in [5, 5.41) is 3.60. The quantitative estimate of drug-likeness (QED) is 0.112. The number of pyridine rings is 1. The molecule has 0 aliphatic carbocycles. The number of rotatable bonds is 8. The van der Waals surface area contributed by atoms with Crippen molar-refractivity contribution in [2.45, 2.75) is 86.4 Å². The first-order valence-electron chi connectivity index (χ1n) is 21.4. The second-order valence-electron chi connectivity index (χ2n) is 18.8. The predicted molar refractivity (Wildman–Crippen MR) is 256 cm³/mol. The molecule has 0 spiro atoms. The molecule has 8 heteroatoms. The van der Waals surface area contributed by atoms with Gasteiger partial charge in [0.05, 0.1) is 19.5 Å². The Morgan fingerprint density at radius 2 is 1.39 bits per heavy atom. The fraction of sp³-hybridized carbons (Fsp3) is 0.259. The molecule has 0 unspecified atom stereocenters. The molecule has 317 valence electrons. The Morgan fingerprint density at radius 1 is 0.710 bits per heavy atom. The summed E-state index contributed by atoms with van der Waals surface area (Å²) >= 11 is 0. The average Bonchev–Trinajstić information content (AvgIpc) is 3.82. The van der Waals surface area contributed by atoms with Crippen LogP contribution in [-0.4, -0.2) is 32.6 Å². The molecule has 0 atom stereocenters. The number of hydrogen-bond donors (Lipinski definition) is 0. The van der Waals surface area contributed by atoms with E-state index in [1.807, 2.05) is 42.5 Å². The molecular weight excluding hydrogens is 955 g/mol. The molecule has 62 heavy (non-hydrogen) atoms. The zero-order chi connectivity index (χ0) is 43.1. The molecule has 0 amide bonds. The molecule has 0 saturated carbocycles. The van der Waals surface area contributed by atoms with Gasteiger partial charge in [-0.3, -0.25) is 4.98 Å². The molecule has 9 aromatic rings. The van der Waals surface area contributed by atoms with Gasteiger partial charge in [-0.25, -0.2) is 9.97 Å². The van der Waals surface area contributed by atoms with Crippen molar-refractivity contribution in [1.82, 2.24) is 24.5 Å². The van der Waals surface area contributed by atoms with Crippen molar-refractivity contribution >= 4 is 46.5 Å². The second-order valence-corrected chi connectivity index (χ2v) is 23.9. The molecular formula is C54H55IrN5OSi-2. The Kier molecular flexibility index (Phi) is 13.0. The maximum Gasteiger partial charge on any atom is 0.188 e. The van der Waals surface area contributed by atoms with Gasteiger partial charge in [0.25, 0.3) is 0 Å². The van der Waals surface area contributed by atoms with Crippen LogP contribution in [0.15, 0.2) is 132 Å². The van der Waals surface area contributed by atoms with E-state index < -0.39 is 8.07 Å². The van der Waals surface area contributed by atoms with Crippen molar-refractivity contribution in [3.63, 3.8) is 0 Å². The number of benzene rings is 5. The summed E-state index contributed by atoms with van der Waals surface area (Å²) in [6.07, 6.45) is 6.64. The fourth-order valence-electron chi connectivity index (χ4n) is 8.25. The minimum Gasteiger partial charge on any atom is -0.501 e. The molecule has 5 aromatic carbocycles. The standard InChI is InChI=1S/C35H29N4O.C19H26NSi.Ir/c1-21(2)28-19-24(23-11-6-5-7-12-23)20-29(22(3)4)31(28)39-34(38-33-35(39)37-18-17-36-33)27-15-10-14-26-25-13-8-9-16-30(25)40-32(26)27;1-19(2,3)13-16-12-17(15-10-8-7-9-11-15)20-14-18(16)21(4,5)6;/h5-14,16-22H,1-4H3;7-10,12,14H,13H2,1-6H3;/q2*-1;. The number of furan rings is 1. The van der Waals surface area contributed by atoms with Gasteiger partial charge in [0.1, 0.15) is 5.58 Å². The molecule has 0 aliphatic heterocycles. The van der Waals surface area contributed by atoms with Crippen LogP contribution in [0.1, 0.15) is 77.0 Å². The van der Waals surface area contributed by atoms with Crippen molar-refractivity contribution < 1.29 is 24.5 Å². The number of para-hydroxylation sites is 1. The van der Waals surface area contributed by atoms with E-state index >= 15 is 0 Å². The van der Waals surface area contributed by atoms with Crippen LogP contribution in [-0.2, 0) is 26.5 Å². The van der Waals surface area contributed by atoms with Crippen molar-refractivity contribution in [3.8, 4) is 39.5 Å². The predicted octanol–water partition coefficient (Wildman–Crippen LogP) is 13.8. The first-order chi connectivity index (χ1) is 29.2. The third-order valence-electron chi connectivity index (χ3n) is 11.1. The Labute approximate surface area is 381 Å². The molecule has 1 radical (unpaired) electrons. The van der Waals surface area contributed by atoms with Gasteiger partial charge in [-0.05, 0) is 75.0 Å².